The van der Waals surface area contributed by atoms with Crippen molar-refractivity contribution in [3.63, 3.8) is 0 Å². The topological polar surface area (TPSA) is 105 Å². The number of rotatable bonds is 3. The third-order valence-corrected chi connectivity index (χ3v) is 6.30. The zero-order valence-electron chi connectivity index (χ0n) is 14.8. The van der Waals surface area contributed by atoms with Gasteiger partial charge in [0, 0.05) is 24.3 Å². The Morgan fingerprint density at radius 2 is 2.37 bits per heavy atom. The summed E-state index contributed by atoms with van der Waals surface area (Å²) in [6, 6.07) is -0.0816. The number of thiazole rings is 1. The van der Waals surface area contributed by atoms with Crippen LogP contribution >= 0.6 is 11.3 Å². The average Bonchev–Trinajstić information content (AvgIpc) is 3.39. The third-order valence-electron chi connectivity index (χ3n) is 5.44. The summed E-state index contributed by atoms with van der Waals surface area (Å²) >= 11 is 1.58. The maximum atomic E-state index is 12.8. The molecular weight excluding hydrogens is 366 g/mol. The minimum atomic E-state index is -0.715. The van der Waals surface area contributed by atoms with Crippen LogP contribution in [0.3, 0.4) is 0 Å². The maximum absolute atomic E-state index is 12.8. The van der Waals surface area contributed by atoms with E-state index in [1.807, 2.05) is 18.5 Å². The number of anilines is 2. The number of hydrogen-bond donors (Lipinski definition) is 2. The molecule has 3 atom stereocenters. The smallest absolute Gasteiger partial charge is 0.252 e. The molecule has 0 saturated carbocycles. The molecule has 0 spiro atoms. The van der Waals surface area contributed by atoms with Crippen molar-refractivity contribution < 1.29 is 9.53 Å². The average molecular weight is 385 g/mol. The molecule has 10 heteroatoms. The van der Waals surface area contributed by atoms with Gasteiger partial charge in [0.05, 0.1) is 25.3 Å². The fraction of sp³-hybridized carbons (Fsp3) is 0.471. The first-order valence-electron chi connectivity index (χ1n) is 8.95. The molecule has 0 radical (unpaired) electrons. The molecule has 2 N–H and O–H groups in total. The lowest BCUT2D eigenvalue weighted by Gasteiger charge is -2.48. The molecule has 9 nitrogen and oxygen atoms in total. The van der Waals surface area contributed by atoms with Gasteiger partial charge in [0.15, 0.2) is 5.82 Å². The van der Waals surface area contributed by atoms with Crippen molar-refractivity contribution in [3.05, 3.63) is 28.6 Å². The predicted octanol–water partition coefficient (Wildman–Crippen LogP) is 1.28. The van der Waals surface area contributed by atoms with E-state index in [2.05, 4.69) is 30.7 Å². The van der Waals surface area contributed by atoms with Gasteiger partial charge in [-0.1, -0.05) is 6.92 Å². The van der Waals surface area contributed by atoms with E-state index in [-0.39, 0.29) is 17.9 Å². The van der Waals surface area contributed by atoms with E-state index in [4.69, 9.17) is 9.72 Å². The van der Waals surface area contributed by atoms with E-state index in [0.29, 0.717) is 37.7 Å². The Labute approximate surface area is 159 Å². The van der Waals surface area contributed by atoms with E-state index >= 15 is 0 Å². The minimum Gasteiger partial charge on any atom is -0.377 e. The molecule has 2 aromatic heterocycles. The van der Waals surface area contributed by atoms with Crippen molar-refractivity contribution in [3.8, 4) is 0 Å². The molecule has 5 rings (SSSR count). The van der Waals surface area contributed by atoms with Crippen LogP contribution in [-0.2, 0) is 9.53 Å². The van der Waals surface area contributed by atoms with Crippen LogP contribution in [0, 0.1) is 0 Å². The minimum absolute atomic E-state index is 0.0571. The highest BCUT2D eigenvalue weighted by atomic mass is 32.1. The van der Waals surface area contributed by atoms with Gasteiger partial charge in [0.1, 0.15) is 28.1 Å². The molecule has 0 aliphatic carbocycles. The molecular formula is C17H19N7O2S. The Morgan fingerprint density at radius 1 is 1.44 bits per heavy atom. The first-order chi connectivity index (χ1) is 13.2. The van der Waals surface area contributed by atoms with Gasteiger partial charge < -0.3 is 15.0 Å². The summed E-state index contributed by atoms with van der Waals surface area (Å²) in [5.41, 5.74) is 3.03. The number of hydrazone groups is 1. The monoisotopic (exact) mass is 385 g/mol. The van der Waals surface area contributed by atoms with E-state index in [1.54, 1.807) is 23.7 Å². The second kappa shape index (κ2) is 6.24. The Hall–Kier alpha value is -2.59. The van der Waals surface area contributed by atoms with Gasteiger partial charge in [0.2, 0.25) is 0 Å². The number of nitrogens with zero attached hydrogens (tertiary/aromatic N) is 5. The van der Waals surface area contributed by atoms with Crippen LogP contribution in [0.15, 0.2) is 22.9 Å². The third kappa shape index (κ3) is 2.43. The van der Waals surface area contributed by atoms with Gasteiger partial charge in [-0.2, -0.15) is 5.10 Å². The molecule has 27 heavy (non-hydrogen) atoms. The van der Waals surface area contributed by atoms with Crippen LogP contribution in [0.4, 0.5) is 11.5 Å². The zero-order chi connectivity index (χ0) is 18.4. The molecule has 2 unspecified atom stereocenters. The fourth-order valence-electron chi connectivity index (χ4n) is 3.90. The van der Waals surface area contributed by atoms with E-state index < -0.39 is 5.54 Å². The summed E-state index contributed by atoms with van der Waals surface area (Å²) in [6.45, 7) is 3.56. The highest BCUT2D eigenvalue weighted by molar-refractivity contribution is 7.09. The summed E-state index contributed by atoms with van der Waals surface area (Å²) in [4.78, 5) is 28.6. The summed E-state index contributed by atoms with van der Waals surface area (Å²) in [5.74, 6) is 1.24. The summed E-state index contributed by atoms with van der Waals surface area (Å²) in [7, 11) is 0. The fourth-order valence-corrected chi connectivity index (χ4v) is 4.63. The highest BCUT2D eigenvalue weighted by Crippen LogP contribution is 2.40. The lowest BCUT2D eigenvalue weighted by Crippen LogP contribution is -2.66. The van der Waals surface area contributed by atoms with Gasteiger partial charge in [-0.15, -0.1) is 11.3 Å². The maximum Gasteiger partial charge on any atom is 0.252 e. The summed E-state index contributed by atoms with van der Waals surface area (Å²) in [6.07, 6.45) is 5.94. The van der Waals surface area contributed by atoms with E-state index in [0.717, 1.165) is 10.8 Å². The molecule has 140 valence electrons. The second-order valence-electron chi connectivity index (χ2n) is 6.79. The Balaban J connectivity index is 1.55. The molecule has 1 fully saturated rings. The van der Waals surface area contributed by atoms with Crippen molar-refractivity contribution in [2.75, 3.05) is 30.0 Å². The molecule has 0 bridgehead atoms. The van der Waals surface area contributed by atoms with Crippen LogP contribution in [-0.4, -0.2) is 52.4 Å². The number of amides is 1. The van der Waals surface area contributed by atoms with Crippen molar-refractivity contribution in [1.29, 1.82) is 0 Å². The number of fused-ring (bicyclic) bond motifs is 3. The molecule has 3 aliphatic heterocycles. The number of morpholine rings is 1. The van der Waals surface area contributed by atoms with Crippen LogP contribution in [0.25, 0.3) is 0 Å². The lowest BCUT2D eigenvalue weighted by molar-refractivity contribution is -0.125. The summed E-state index contributed by atoms with van der Waals surface area (Å²) in [5, 5.41) is 10.1. The quantitative estimate of drug-likeness (QED) is 0.820. The second-order valence-corrected chi connectivity index (χ2v) is 7.72. The highest BCUT2D eigenvalue weighted by Gasteiger charge is 2.50. The molecule has 5 heterocycles. The van der Waals surface area contributed by atoms with Gasteiger partial charge in [-0.3, -0.25) is 10.2 Å². The van der Waals surface area contributed by atoms with Gasteiger partial charge in [-0.25, -0.2) is 15.0 Å². The van der Waals surface area contributed by atoms with Crippen LogP contribution in [0.5, 0.6) is 0 Å². The van der Waals surface area contributed by atoms with Gasteiger partial charge in [0.25, 0.3) is 5.91 Å². The number of ether oxygens (including phenoxy) is 1. The normalized spacial score (nSPS) is 29.1. The van der Waals surface area contributed by atoms with Crippen molar-refractivity contribution in [1.82, 2.24) is 20.4 Å². The Morgan fingerprint density at radius 3 is 3.19 bits per heavy atom. The number of carbonyl (C=O) groups is 1. The number of nitrogens with one attached hydrogen (secondary N) is 2. The zero-order valence-corrected chi connectivity index (χ0v) is 15.6. The summed E-state index contributed by atoms with van der Waals surface area (Å²) < 4.78 is 5.63. The Bertz CT molecular complexity index is 903. The lowest BCUT2D eigenvalue weighted by atomic mass is 9.90. The number of hydrogen-bond acceptors (Lipinski definition) is 9. The molecule has 0 aromatic carbocycles. The van der Waals surface area contributed by atoms with Crippen LogP contribution < -0.4 is 15.6 Å². The SMILES string of the molecule is CC[C@@]12COCCN1c1nc(C3C=NNC3c3nccs3)ncc1NC2=O. The van der Waals surface area contributed by atoms with Gasteiger partial charge in [-0.05, 0) is 6.42 Å². The first kappa shape index (κ1) is 16.6. The van der Waals surface area contributed by atoms with E-state index in [1.165, 1.54) is 0 Å². The standard InChI is InChI=1S/C17H19N7O2S/c1-2-17-9-26-5-4-24(17)14-11(21-16(17)25)8-19-13(22-14)10-7-20-23-12(10)15-18-3-6-27-15/h3,6-8,10,12,23H,2,4-5,9H2,1H3,(H,21,25)/t10?,12?,17-/m0/s1. The van der Waals surface area contributed by atoms with Crippen molar-refractivity contribution in [2.45, 2.75) is 30.8 Å². The Kier molecular flexibility index (Phi) is 3.83. The molecule has 2 aromatic rings. The first-order valence-corrected chi connectivity index (χ1v) is 9.83. The van der Waals surface area contributed by atoms with Crippen molar-refractivity contribution >= 4 is 35.0 Å². The predicted molar refractivity (Wildman–Crippen MR) is 101 cm³/mol. The van der Waals surface area contributed by atoms with E-state index in [9.17, 15) is 4.79 Å². The number of aromatic nitrogens is 3. The molecule has 1 amide bonds. The largest absolute Gasteiger partial charge is 0.377 e. The molecule has 3 aliphatic rings. The van der Waals surface area contributed by atoms with Gasteiger partial charge >= 0.3 is 0 Å². The number of carbonyl (C=O) groups excluding carboxylic acids is 1. The van der Waals surface area contributed by atoms with Crippen LogP contribution in [0.2, 0.25) is 0 Å². The van der Waals surface area contributed by atoms with Crippen molar-refractivity contribution in [2.24, 2.45) is 5.10 Å². The molecule has 1 saturated heterocycles. The van der Waals surface area contributed by atoms with Crippen LogP contribution in [0.1, 0.15) is 36.1 Å².